The molecule has 0 unspecified atom stereocenters. The Hall–Kier alpha value is -3.85. The fourth-order valence-electron chi connectivity index (χ4n) is 4.51. The van der Waals surface area contributed by atoms with Crippen LogP contribution in [0.5, 0.6) is 5.88 Å². The number of amides is 1. The van der Waals surface area contributed by atoms with Crippen molar-refractivity contribution in [3.8, 4) is 5.88 Å². The summed E-state index contributed by atoms with van der Waals surface area (Å²) in [5.41, 5.74) is 3.11. The summed E-state index contributed by atoms with van der Waals surface area (Å²) >= 11 is 0. The Kier molecular flexibility index (Phi) is 7.18. The van der Waals surface area contributed by atoms with Gasteiger partial charge >= 0.3 is 6.09 Å². The van der Waals surface area contributed by atoms with Crippen molar-refractivity contribution >= 4 is 17.1 Å². The van der Waals surface area contributed by atoms with Crippen LogP contribution in [-0.2, 0) is 14.2 Å². The highest BCUT2D eigenvalue weighted by Gasteiger charge is 2.36. The van der Waals surface area contributed by atoms with Gasteiger partial charge in [-0.3, -0.25) is 4.98 Å². The second kappa shape index (κ2) is 10.8. The van der Waals surface area contributed by atoms with E-state index in [-0.39, 0.29) is 6.10 Å². The number of fused-ring (bicyclic) bond motifs is 1. The average Bonchev–Trinajstić information content (AvgIpc) is 3.31. The maximum Gasteiger partial charge on any atom is 0.417 e. The van der Waals surface area contributed by atoms with Crippen molar-refractivity contribution in [2.75, 3.05) is 13.7 Å². The maximum absolute atomic E-state index is 12.5. The monoisotopic (exact) mass is 491 g/mol. The van der Waals surface area contributed by atoms with E-state index >= 15 is 0 Å². The summed E-state index contributed by atoms with van der Waals surface area (Å²) in [5.74, 6) is 1.42. The molecule has 0 spiro atoms. The van der Waals surface area contributed by atoms with Gasteiger partial charge in [0.25, 0.3) is 0 Å². The van der Waals surface area contributed by atoms with E-state index in [1.165, 1.54) is 11.2 Å². The van der Waals surface area contributed by atoms with Crippen molar-refractivity contribution in [3.05, 3.63) is 77.9 Å². The molecule has 4 heterocycles. The zero-order valence-corrected chi connectivity index (χ0v) is 20.1. The lowest BCUT2D eigenvalue weighted by Gasteiger charge is -2.23. The van der Waals surface area contributed by atoms with Gasteiger partial charge in [-0.15, -0.1) is 0 Å². The van der Waals surface area contributed by atoms with Gasteiger partial charge < -0.3 is 24.1 Å². The molecule has 3 aliphatic rings. The molecule has 9 heteroatoms. The number of aliphatic hydroxyl groups is 1. The van der Waals surface area contributed by atoms with Crippen molar-refractivity contribution in [3.63, 3.8) is 0 Å². The van der Waals surface area contributed by atoms with E-state index in [1.807, 2.05) is 18.2 Å². The van der Waals surface area contributed by atoms with E-state index in [2.05, 4.69) is 16.0 Å². The average molecular weight is 492 g/mol. The normalized spacial score (nSPS) is 20.2. The summed E-state index contributed by atoms with van der Waals surface area (Å²) in [5, 5.41) is 10.8. The molecule has 2 aromatic heterocycles. The van der Waals surface area contributed by atoms with Crippen molar-refractivity contribution in [2.24, 2.45) is 0 Å². The number of hydrogen-bond donors (Lipinski definition) is 1. The van der Waals surface area contributed by atoms with Crippen LogP contribution in [0.4, 0.5) is 4.79 Å². The SMILES string of the molecule is COc1ccc2nccc([C@H](O)CCCC[C@@H]3CN(C4=COC=C(C5=CC=CCC5)O4)C(=O)O3)c2n1. The van der Waals surface area contributed by atoms with Gasteiger partial charge in [0.15, 0.2) is 12.0 Å². The van der Waals surface area contributed by atoms with Gasteiger partial charge in [-0.1, -0.05) is 24.6 Å². The van der Waals surface area contributed by atoms with Gasteiger partial charge in [-0.05, 0) is 49.8 Å². The third kappa shape index (κ3) is 5.21. The van der Waals surface area contributed by atoms with Crippen LogP contribution < -0.4 is 4.74 Å². The molecular formula is C27H29N3O6. The van der Waals surface area contributed by atoms with Crippen LogP contribution in [0, 0.1) is 0 Å². The fraction of sp³-hybridized carbons (Fsp3) is 0.370. The fourth-order valence-corrected chi connectivity index (χ4v) is 4.51. The van der Waals surface area contributed by atoms with Gasteiger partial charge in [0.2, 0.25) is 11.8 Å². The Bertz CT molecular complexity index is 1250. The Balaban J connectivity index is 1.11. The summed E-state index contributed by atoms with van der Waals surface area (Å²) in [6.07, 6.45) is 13.9. The minimum Gasteiger partial charge on any atom is -0.481 e. The Morgan fingerprint density at radius 1 is 1.25 bits per heavy atom. The smallest absolute Gasteiger partial charge is 0.417 e. The number of carbonyl (C=O) groups is 1. The number of carbonyl (C=O) groups excluding carboxylic acids is 1. The van der Waals surface area contributed by atoms with Crippen molar-refractivity contribution < 1.29 is 28.8 Å². The Morgan fingerprint density at radius 3 is 3.00 bits per heavy atom. The lowest BCUT2D eigenvalue weighted by molar-refractivity contribution is 0.115. The number of rotatable bonds is 9. The third-order valence-electron chi connectivity index (χ3n) is 6.44. The minimum absolute atomic E-state index is 0.252. The zero-order valence-electron chi connectivity index (χ0n) is 20.1. The zero-order chi connectivity index (χ0) is 24.9. The number of nitrogens with zero attached hydrogens (tertiary/aromatic N) is 3. The Morgan fingerprint density at radius 2 is 2.17 bits per heavy atom. The van der Waals surface area contributed by atoms with Gasteiger partial charge in [-0.2, -0.15) is 0 Å². The van der Waals surface area contributed by atoms with Crippen LogP contribution in [0.1, 0.15) is 50.2 Å². The minimum atomic E-state index is -0.676. The number of allylic oxidation sites excluding steroid dienone is 4. The van der Waals surface area contributed by atoms with E-state index < -0.39 is 12.2 Å². The molecule has 5 rings (SSSR count). The molecule has 0 radical (unpaired) electrons. The van der Waals surface area contributed by atoms with Crippen LogP contribution in [0.3, 0.4) is 0 Å². The van der Waals surface area contributed by atoms with Crippen LogP contribution in [0.15, 0.2) is 72.4 Å². The molecule has 0 saturated carbocycles. The molecule has 9 nitrogen and oxygen atoms in total. The summed E-state index contributed by atoms with van der Waals surface area (Å²) in [6, 6.07) is 5.37. The lowest BCUT2D eigenvalue weighted by Crippen LogP contribution is -2.27. The number of aromatic nitrogens is 2. The van der Waals surface area contributed by atoms with Gasteiger partial charge in [0.1, 0.15) is 12.4 Å². The molecule has 1 saturated heterocycles. The lowest BCUT2D eigenvalue weighted by atomic mass is 10.0. The predicted octanol–water partition coefficient (Wildman–Crippen LogP) is 5.02. The van der Waals surface area contributed by atoms with E-state index in [0.717, 1.165) is 36.8 Å². The number of pyridine rings is 2. The molecule has 2 atom stereocenters. The summed E-state index contributed by atoms with van der Waals surface area (Å²) in [4.78, 5) is 22.7. The number of cyclic esters (lactones) is 1. The highest BCUT2D eigenvalue weighted by Crippen LogP contribution is 2.31. The summed E-state index contributed by atoms with van der Waals surface area (Å²) in [6.45, 7) is 0.390. The molecule has 188 valence electrons. The van der Waals surface area contributed by atoms with Gasteiger partial charge in [0.05, 0.1) is 30.8 Å². The van der Waals surface area contributed by atoms with Gasteiger partial charge in [-0.25, -0.2) is 14.7 Å². The van der Waals surface area contributed by atoms with E-state index in [0.29, 0.717) is 47.9 Å². The van der Waals surface area contributed by atoms with Gasteiger partial charge in [0, 0.05) is 17.8 Å². The molecule has 2 aliphatic heterocycles. The van der Waals surface area contributed by atoms with Crippen LogP contribution in [-0.4, -0.2) is 45.8 Å². The van der Waals surface area contributed by atoms with Crippen LogP contribution in [0.2, 0.25) is 0 Å². The first-order valence-electron chi connectivity index (χ1n) is 12.2. The number of ether oxygens (including phenoxy) is 4. The van der Waals surface area contributed by atoms with E-state index in [4.69, 9.17) is 18.9 Å². The second-order valence-corrected chi connectivity index (χ2v) is 8.87. The summed E-state index contributed by atoms with van der Waals surface area (Å²) < 4.78 is 22.2. The van der Waals surface area contributed by atoms with Crippen LogP contribution in [0.25, 0.3) is 11.0 Å². The van der Waals surface area contributed by atoms with Crippen LogP contribution >= 0.6 is 0 Å². The molecule has 1 N–H and O–H groups in total. The van der Waals surface area contributed by atoms with Crippen molar-refractivity contribution in [1.82, 2.24) is 14.9 Å². The first-order valence-corrected chi connectivity index (χ1v) is 12.2. The standard InChI is InChI=1S/C27H29N3O6/c1-33-24-12-11-21-26(29-24)20(13-14-28-21)22(31)10-6-5-9-19-15-30(27(32)35-19)25-17-34-16-23(36-25)18-7-3-2-4-8-18/h2-3,7,11-14,16-17,19,22,31H,4-6,8-10,15H2,1H3/t19-,22-/m1/s1. The molecule has 36 heavy (non-hydrogen) atoms. The number of methoxy groups -OCH3 is 1. The first-order chi connectivity index (χ1) is 17.6. The first kappa shape index (κ1) is 23.9. The quantitative estimate of drug-likeness (QED) is 0.488. The second-order valence-electron chi connectivity index (χ2n) is 8.87. The number of aliphatic hydroxyl groups excluding tert-OH is 1. The topological polar surface area (TPSA) is 103 Å². The molecule has 1 amide bonds. The summed E-state index contributed by atoms with van der Waals surface area (Å²) in [7, 11) is 1.56. The van der Waals surface area contributed by atoms with E-state index in [1.54, 1.807) is 31.7 Å². The highest BCUT2D eigenvalue weighted by atomic mass is 16.6. The molecular weight excluding hydrogens is 462 g/mol. The Labute approximate surface area is 209 Å². The molecule has 1 fully saturated rings. The molecule has 0 bridgehead atoms. The third-order valence-corrected chi connectivity index (χ3v) is 6.44. The highest BCUT2D eigenvalue weighted by molar-refractivity contribution is 5.78. The van der Waals surface area contributed by atoms with Crippen molar-refractivity contribution in [2.45, 2.75) is 50.7 Å². The van der Waals surface area contributed by atoms with Crippen molar-refractivity contribution in [1.29, 1.82) is 0 Å². The molecule has 2 aromatic rings. The molecule has 0 aromatic carbocycles. The maximum atomic E-state index is 12.5. The predicted molar refractivity (Wildman–Crippen MR) is 131 cm³/mol. The number of hydrogen-bond acceptors (Lipinski definition) is 8. The number of unbranched alkanes of at least 4 members (excludes halogenated alkanes) is 1. The molecule has 1 aliphatic carbocycles. The van der Waals surface area contributed by atoms with E-state index in [9.17, 15) is 9.90 Å². The largest absolute Gasteiger partial charge is 0.481 e.